The Kier molecular flexibility index (Phi) is 5.32. The predicted octanol–water partition coefficient (Wildman–Crippen LogP) is 2.38. The Morgan fingerprint density at radius 3 is 2.75 bits per heavy atom. The summed E-state index contributed by atoms with van der Waals surface area (Å²) in [5.74, 6) is 1.55. The van der Waals surface area contributed by atoms with E-state index < -0.39 is 0 Å². The third-order valence-electron chi connectivity index (χ3n) is 2.17. The summed E-state index contributed by atoms with van der Waals surface area (Å²) in [5, 5.41) is 3.33. The Bertz CT molecular complexity index is 294. The molecule has 0 saturated carbocycles. The van der Waals surface area contributed by atoms with Gasteiger partial charge in [-0.3, -0.25) is 0 Å². The summed E-state index contributed by atoms with van der Waals surface area (Å²) in [6.07, 6.45) is 4.08. The highest BCUT2D eigenvalue weighted by Crippen LogP contribution is 2.05. The first-order chi connectivity index (χ1) is 7.59. The highest BCUT2D eigenvalue weighted by Gasteiger charge is 2.03. The highest BCUT2D eigenvalue weighted by molar-refractivity contribution is 5.25. The Balaban J connectivity index is 2.38. The summed E-state index contributed by atoms with van der Waals surface area (Å²) < 4.78 is 7.61. The van der Waals surface area contributed by atoms with Crippen LogP contribution in [0.1, 0.15) is 27.7 Å². The number of rotatable bonds is 7. The van der Waals surface area contributed by atoms with E-state index in [-0.39, 0.29) is 6.10 Å². The van der Waals surface area contributed by atoms with Gasteiger partial charge >= 0.3 is 0 Å². The van der Waals surface area contributed by atoms with Gasteiger partial charge in [-0.1, -0.05) is 13.8 Å². The van der Waals surface area contributed by atoms with Crippen molar-refractivity contribution < 1.29 is 4.74 Å². The van der Waals surface area contributed by atoms with Gasteiger partial charge in [-0.05, 0) is 19.8 Å². The second-order valence-electron chi connectivity index (χ2n) is 4.64. The summed E-state index contributed by atoms with van der Waals surface area (Å²) in [5.41, 5.74) is 0. The molecule has 1 rings (SSSR count). The van der Waals surface area contributed by atoms with Crippen LogP contribution in [-0.2, 0) is 11.3 Å². The zero-order valence-corrected chi connectivity index (χ0v) is 10.7. The van der Waals surface area contributed by atoms with E-state index in [0.29, 0.717) is 5.92 Å². The molecule has 0 bridgehead atoms. The second kappa shape index (κ2) is 6.53. The molecule has 0 saturated heterocycles. The number of nitrogens with one attached hydrogen (secondary N) is 1. The predicted molar refractivity (Wildman–Crippen MR) is 66.6 cm³/mol. The van der Waals surface area contributed by atoms with Crippen LogP contribution < -0.4 is 5.32 Å². The SMILES string of the molecule is CC(C)CNc1nccn1CCOC(C)C. The van der Waals surface area contributed by atoms with Crippen LogP contribution in [0.3, 0.4) is 0 Å². The lowest BCUT2D eigenvalue weighted by molar-refractivity contribution is 0.0730. The van der Waals surface area contributed by atoms with E-state index in [2.05, 4.69) is 28.7 Å². The molecule has 0 aromatic carbocycles. The van der Waals surface area contributed by atoms with E-state index in [0.717, 1.165) is 25.6 Å². The van der Waals surface area contributed by atoms with E-state index >= 15 is 0 Å². The number of hydrogen-bond acceptors (Lipinski definition) is 3. The van der Waals surface area contributed by atoms with Gasteiger partial charge in [-0.25, -0.2) is 4.98 Å². The fraction of sp³-hybridized carbons (Fsp3) is 0.750. The molecule has 1 aromatic rings. The first kappa shape index (κ1) is 13.0. The molecular formula is C12H23N3O. The Morgan fingerprint density at radius 1 is 1.38 bits per heavy atom. The number of nitrogens with zero attached hydrogens (tertiary/aromatic N) is 2. The molecule has 0 atom stereocenters. The Hall–Kier alpha value is -1.03. The summed E-state index contributed by atoms with van der Waals surface area (Å²) in [7, 11) is 0. The normalized spacial score (nSPS) is 11.4. The van der Waals surface area contributed by atoms with E-state index in [1.54, 1.807) is 0 Å². The molecule has 1 heterocycles. The van der Waals surface area contributed by atoms with Gasteiger partial charge in [0, 0.05) is 25.5 Å². The smallest absolute Gasteiger partial charge is 0.202 e. The first-order valence-corrected chi connectivity index (χ1v) is 5.96. The summed E-state index contributed by atoms with van der Waals surface area (Å²) in [6.45, 7) is 11.0. The molecule has 4 nitrogen and oxygen atoms in total. The Labute approximate surface area is 98.0 Å². The monoisotopic (exact) mass is 225 g/mol. The average molecular weight is 225 g/mol. The lowest BCUT2D eigenvalue weighted by atomic mass is 10.2. The average Bonchev–Trinajstić information content (AvgIpc) is 2.62. The first-order valence-electron chi connectivity index (χ1n) is 5.96. The number of imidazole rings is 1. The van der Waals surface area contributed by atoms with Crippen molar-refractivity contribution in [1.82, 2.24) is 9.55 Å². The number of anilines is 1. The van der Waals surface area contributed by atoms with E-state index in [1.165, 1.54) is 0 Å². The highest BCUT2D eigenvalue weighted by atomic mass is 16.5. The minimum atomic E-state index is 0.288. The summed E-state index contributed by atoms with van der Waals surface area (Å²) in [6, 6.07) is 0. The second-order valence-corrected chi connectivity index (χ2v) is 4.64. The van der Waals surface area contributed by atoms with Crippen LogP contribution in [-0.4, -0.2) is 28.8 Å². The van der Waals surface area contributed by atoms with Crippen molar-refractivity contribution in [3.8, 4) is 0 Å². The zero-order valence-electron chi connectivity index (χ0n) is 10.7. The van der Waals surface area contributed by atoms with E-state index in [9.17, 15) is 0 Å². The molecule has 92 valence electrons. The molecule has 0 spiro atoms. The minimum absolute atomic E-state index is 0.288. The van der Waals surface area contributed by atoms with Gasteiger partial charge in [0.15, 0.2) is 0 Å². The van der Waals surface area contributed by atoms with Crippen LogP contribution in [0.5, 0.6) is 0 Å². The zero-order chi connectivity index (χ0) is 12.0. The molecule has 16 heavy (non-hydrogen) atoms. The van der Waals surface area contributed by atoms with Crippen molar-refractivity contribution in [1.29, 1.82) is 0 Å². The fourth-order valence-corrected chi connectivity index (χ4v) is 1.34. The van der Waals surface area contributed by atoms with E-state index in [1.807, 2.05) is 26.2 Å². The van der Waals surface area contributed by atoms with Gasteiger partial charge in [0.25, 0.3) is 0 Å². The number of ether oxygens (including phenoxy) is 1. The maximum atomic E-state index is 5.52. The lowest BCUT2D eigenvalue weighted by Gasteiger charge is -2.12. The van der Waals surface area contributed by atoms with Gasteiger partial charge in [0.1, 0.15) is 0 Å². The number of hydrogen-bond donors (Lipinski definition) is 1. The number of aromatic nitrogens is 2. The lowest BCUT2D eigenvalue weighted by Crippen LogP contribution is -2.15. The van der Waals surface area contributed by atoms with Gasteiger partial charge in [0.05, 0.1) is 12.7 Å². The van der Waals surface area contributed by atoms with Gasteiger partial charge in [-0.15, -0.1) is 0 Å². The molecule has 1 N–H and O–H groups in total. The maximum absolute atomic E-state index is 5.52. The summed E-state index contributed by atoms with van der Waals surface area (Å²) in [4.78, 5) is 4.28. The van der Waals surface area contributed by atoms with Crippen molar-refractivity contribution >= 4 is 5.95 Å². The van der Waals surface area contributed by atoms with Crippen LogP contribution in [0.25, 0.3) is 0 Å². The van der Waals surface area contributed by atoms with Gasteiger partial charge in [-0.2, -0.15) is 0 Å². The fourth-order valence-electron chi connectivity index (χ4n) is 1.34. The quantitative estimate of drug-likeness (QED) is 0.774. The van der Waals surface area contributed by atoms with Gasteiger partial charge < -0.3 is 14.6 Å². The Morgan fingerprint density at radius 2 is 2.12 bits per heavy atom. The third-order valence-corrected chi connectivity index (χ3v) is 2.17. The topological polar surface area (TPSA) is 39.1 Å². The van der Waals surface area contributed by atoms with Crippen molar-refractivity contribution in [2.75, 3.05) is 18.5 Å². The van der Waals surface area contributed by atoms with Crippen molar-refractivity contribution in [2.24, 2.45) is 5.92 Å². The molecule has 0 aliphatic carbocycles. The molecular weight excluding hydrogens is 202 g/mol. The van der Waals surface area contributed by atoms with Crippen LogP contribution in [0.15, 0.2) is 12.4 Å². The van der Waals surface area contributed by atoms with Crippen LogP contribution in [0, 0.1) is 5.92 Å². The standard InChI is InChI=1S/C12H23N3O/c1-10(2)9-14-12-13-5-6-15(12)7-8-16-11(3)4/h5-6,10-11H,7-9H2,1-4H3,(H,13,14). The van der Waals surface area contributed by atoms with E-state index in [4.69, 9.17) is 4.74 Å². The van der Waals surface area contributed by atoms with Crippen molar-refractivity contribution in [3.63, 3.8) is 0 Å². The summed E-state index contributed by atoms with van der Waals surface area (Å²) >= 11 is 0. The van der Waals surface area contributed by atoms with Gasteiger partial charge in [0.2, 0.25) is 5.95 Å². The molecule has 1 aromatic heterocycles. The van der Waals surface area contributed by atoms with Crippen LogP contribution in [0.4, 0.5) is 5.95 Å². The van der Waals surface area contributed by atoms with Crippen molar-refractivity contribution in [3.05, 3.63) is 12.4 Å². The minimum Gasteiger partial charge on any atom is -0.377 e. The molecule has 0 fully saturated rings. The third kappa shape index (κ3) is 4.66. The maximum Gasteiger partial charge on any atom is 0.202 e. The molecule has 0 radical (unpaired) electrons. The largest absolute Gasteiger partial charge is 0.377 e. The molecule has 0 aliphatic rings. The van der Waals surface area contributed by atoms with Crippen molar-refractivity contribution in [2.45, 2.75) is 40.3 Å². The molecule has 0 amide bonds. The van der Waals surface area contributed by atoms with Crippen LogP contribution in [0.2, 0.25) is 0 Å². The van der Waals surface area contributed by atoms with Crippen LogP contribution >= 0.6 is 0 Å². The molecule has 4 heteroatoms. The molecule has 0 aliphatic heterocycles. The molecule has 0 unspecified atom stereocenters.